The summed E-state index contributed by atoms with van der Waals surface area (Å²) in [7, 11) is 2.13. The third kappa shape index (κ3) is 4.19. The minimum atomic E-state index is 0.111. The van der Waals surface area contributed by atoms with E-state index in [1.165, 1.54) is 16.7 Å². The van der Waals surface area contributed by atoms with E-state index in [0.29, 0.717) is 0 Å². The van der Waals surface area contributed by atoms with Gasteiger partial charge in [0.1, 0.15) is 0 Å². The number of rotatable bonds is 5. The van der Waals surface area contributed by atoms with E-state index < -0.39 is 0 Å². The molecular formula is C17H21NO. The van der Waals surface area contributed by atoms with Gasteiger partial charge in [0.15, 0.2) is 0 Å². The standard InChI is InChI=1S/C17H21NO/c1-14-4-3-5-17(10-14)12-18(2)11-15-6-8-16(13-19)9-7-15/h3-10,19H,11-13H2,1-2H3. The first kappa shape index (κ1) is 13.8. The molecule has 0 bridgehead atoms. The molecular weight excluding hydrogens is 234 g/mol. The molecule has 0 spiro atoms. The van der Waals surface area contributed by atoms with Crippen LogP contribution >= 0.6 is 0 Å². The van der Waals surface area contributed by atoms with E-state index in [2.05, 4.69) is 55.3 Å². The molecule has 2 nitrogen and oxygen atoms in total. The first-order valence-electron chi connectivity index (χ1n) is 6.60. The highest BCUT2D eigenvalue weighted by atomic mass is 16.3. The maximum Gasteiger partial charge on any atom is 0.0681 e. The molecule has 0 radical (unpaired) electrons. The average molecular weight is 255 g/mol. The molecule has 0 aliphatic rings. The van der Waals surface area contributed by atoms with E-state index >= 15 is 0 Å². The van der Waals surface area contributed by atoms with Gasteiger partial charge >= 0.3 is 0 Å². The lowest BCUT2D eigenvalue weighted by atomic mass is 10.1. The van der Waals surface area contributed by atoms with E-state index in [4.69, 9.17) is 5.11 Å². The van der Waals surface area contributed by atoms with Gasteiger partial charge < -0.3 is 5.11 Å². The third-order valence-electron chi connectivity index (χ3n) is 3.19. The van der Waals surface area contributed by atoms with E-state index in [0.717, 1.165) is 18.7 Å². The van der Waals surface area contributed by atoms with E-state index in [1.807, 2.05) is 12.1 Å². The monoisotopic (exact) mass is 255 g/mol. The van der Waals surface area contributed by atoms with Crippen molar-refractivity contribution in [3.05, 3.63) is 70.8 Å². The van der Waals surface area contributed by atoms with Crippen molar-refractivity contribution in [2.45, 2.75) is 26.6 Å². The van der Waals surface area contributed by atoms with Crippen molar-refractivity contribution in [2.24, 2.45) is 0 Å². The smallest absolute Gasteiger partial charge is 0.0681 e. The van der Waals surface area contributed by atoms with Gasteiger partial charge in [-0.25, -0.2) is 0 Å². The normalized spacial score (nSPS) is 10.9. The van der Waals surface area contributed by atoms with Crippen LogP contribution in [0.2, 0.25) is 0 Å². The highest BCUT2D eigenvalue weighted by Crippen LogP contribution is 2.11. The molecule has 0 heterocycles. The molecule has 0 aliphatic heterocycles. The molecule has 0 aromatic heterocycles. The Balaban J connectivity index is 1.95. The summed E-state index contributed by atoms with van der Waals surface area (Å²) in [4.78, 5) is 2.29. The van der Waals surface area contributed by atoms with Crippen LogP contribution in [-0.2, 0) is 19.7 Å². The third-order valence-corrected chi connectivity index (χ3v) is 3.19. The summed E-state index contributed by atoms with van der Waals surface area (Å²) in [5, 5.41) is 9.02. The predicted octanol–water partition coefficient (Wildman–Crippen LogP) is 3.12. The zero-order valence-electron chi connectivity index (χ0n) is 11.6. The molecule has 1 N–H and O–H groups in total. The van der Waals surface area contributed by atoms with Crippen molar-refractivity contribution in [3.8, 4) is 0 Å². The second kappa shape index (κ2) is 6.50. The summed E-state index contributed by atoms with van der Waals surface area (Å²) < 4.78 is 0. The van der Waals surface area contributed by atoms with Crippen LogP contribution in [0.15, 0.2) is 48.5 Å². The Bertz CT molecular complexity index is 519. The number of aliphatic hydroxyl groups excluding tert-OH is 1. The number of hydrogen-bond acceptors (Lipinski definition) is 2. The summed E-state index contributed by atoms with van der Waals surface area (Å²) in [6.07, 6.45) is 0. The molecule has 0 unspecified atom stereocenters. The van der Waals surface area contributed by atoms with Gasteiger partial charge in [0.2, 0.25) is 0 Å². The minimum absolute atomic E-state index is 0.111. The lowest BCUT2D eigenvalue weighted by Gasteiger charge is -2.17. The van der Waals surface area contributed by atoms with E-state index in [1.54, 1.807) is 0 Å². The van der Waals surface area contributed by atoms with Gasteiger partial charge in [0.05, 0.1) is 6.61 Å². The van der Waals surface area contributed by atoms with Crippen molar-refractivity contribution in [1.82, 2.24) is 4.90 Å². The molecule has 100 valence electrons. The maximum absolute atomic E-state index is 9.02. The van der Waals surface area contributed by atoms with Crippen molar-refractivity contribution in [1.29, 1.82) is 0 Å². The average Bonchev–Trinajstić information content (AvgIpc) is 2.39. The lowest BCUT2D eigenvalue weighted by molar-refractivity contribution is 0.281. The van der Waals surface area contributed by atoms with Crippen LogP contribution in [0.25, 0.3) is 0 Å². The fourth-order valence-electron chi connectivity index (χ4n) is 2.24. The Hall–Kier alpha value is -1.64. The summed E-state index contributed by atoms with van der Waals surface area (Å²) in [6, 6.07) is 16.7. The van der Waals surface area contributed by atoms with Gasteiger partial charge in [-0.15, -0.1) is 0 Å². The molecule has 2 aromatic rings. The van der Waals surface area contributed by atoms with Crippen LogP contribution in [0.3, 0.4) is 0 Å². The summed E-state index contributed by atoms with van der Waals surface area (Å²) in [5.41, 5.74) is 4.88. The van der Waals surface area contributed by atoms with Crippen molar-refractivity contribution < 1.29 is 5.11 Å². The minimum Gasteiger partial charge on any atom is -0.392 e. The molecule has 2 aromatic carbocycles. The Labute approximate surface area is 115 Å². The first-order chi connectivity index (χ1) is 9.17. The first-order valence-corrected chi connectivity index (χ1v) is 6.60. The number of benzene rings is 2. The highest BCUT2D eigenvalue weighted by molar-refractivity contribution is 5.23. The van der Waals surface area contributed by atoms with Gasteiger partial charge in [-0.05, 0) is 30.7 Å². The second-order valence-corrected chi connectivity index (χ2v) is 5.14. The zero-order chi connectivity index (χ0) is 13.7. The molecule has 0 atom stereocenters. The van der Waals surface area contributed by atoms with Crippen LogP contribution in [-0.4, -0.2) is 17.1 Å². The van der Waals surface area contributed by atoms with Crippen LogP contribution in [0.1, 0.15) is 22.3 Å². The topological polar surface area (TPSA) is 23.5 Å². The SMILES string of the molecule is Cc1cccc(CN(C)Cc2ccc(CO)cc2)c1. The highest BCUT2D eigenvalue weighted by Gasteiger charge is 2.02. The number of aryl methyl sites for hydroxylation is 1. The van der Waals surface area contributed by atoms with Gasteiger partial charge in [0.25, 0.3) is 0 Å². The van der Waals surface area contributed by atoms with Crippen LogP contribution < -0.4 is 0 Å². The Morgan fingerprint density at radius 3 is 2.16 bits per heavy atom. The van der Waals surface area contributed by atoms with Gasteiger partial charge in [0, 0.05) is 13.1 Å². The summed E-state index contributed by atoms with van der Waals surface area (Å²) in [6.45, 7) is 4.10. The lowest BCUT2D eigenvalue weighted by Crippen LogP contribution is -2.17. The molecule has 0 saturated carbocycles. The molecule has 0 saturated heterocycles. The Morgan fingerprint density at radius 1 is 0.895 bits per heavy atom. The fourth-order valence-corrected chi connectivity index (χ4v) is 2.24. The molecule has 2 rings (SSSR count). The molecule has 0 fully saturated rings. The largest absolute Gasteiger partial charge is 0.392 e. The van der Waals surface area contributed by atoms with Gasteiger partial charge in [-0.1, -0.05) is 54.1 Å². The number of nitrogens with zero attached hydrogens (tertiary/aromatic N) is 1. The second-order valence-electron chi connectivity index (χ2n) is 5.14. The van der Waals surface area contributed by atoms with Crippen molar-refractivity contribution in [3.63, 3.8) is 0 Å². The molecule has 0 amide bonds. The predicted molar refractivity (Wildman–Crippen MR) is 78.7 cm³/mol. The van der Waals surface area contributed by atoms with Crippen LogP contribution in [0.4, 0.5) is 0 Å². The maximum atomic E-state index is 9.02. The van der Waals surface area contributed by atoms with Gasteiger partial charge in [-0.3, -0.25) is 4.90 Å². The van der Waals surface area contributed by atoms with Crippen molar-refractivity contribution in [2.75, 3.05) is 7.05 Å². The quantitative estimate of drug-likeness (QED) is 0.887. The zero-order valence-corrected chi connectivity index (χ0v) is 11.6. The molecule has 2 heteroatoms. The Kier molecular flexibility index (Phi) is 4.72. The Morgan fingerprint density at radius 2 is 1.53 bits per heavy atom. The van der Waals surface area contributed by atoms with Crippen LogP contribution in [0.5, 0.6) is 0 Å². The fraction of sp³-hybridized carbons (Fsp3) is 0.294. The summed E-state index contributed by atoms with van der Waals surface area (Å²) >= 11 is 0. The van der Waals surface area contributed by atoms with Crippen molar-refractivity contribution >= 4 is 0 Å². The summed E-state index contributed by atoms with van der Waals surface area (Å²) in [5.74, 6) is 0. The van der Waals surface area contributed by atoms with Gasteiger partial charge in [-0.2, -0.15) is 0 Å². The molecule has 19 heavy (non-hydrogen) atoms. The molecule has 0 aliphatic carbocycles. The number of hydrogen-bond donors (Lipinski definition) is 1. The van der Waals surface area contributed by atoms with E-state index in [9.17, 15) is 0 Å². The number of aliphatic hydroxyl groups is 1. The van der Waals surface area contributed by atoms with Crippen LogP contribution in [0, 0.1) is 6.92 Å². The van der Waals surface area contributed by atoms with E-state index in [-0.39, 0.29) is 6.61 Å².